The number of hydrogen-bond donors (Lipinski definition) is 3. The second-order valence-electron chi connectivity index (χ2n) is 9.29. The highest BCUT2D eigenvalue weighted by Gasteiger charge is 2.15. The van der Waals surface area contributed by atoms with Crippen molar-refractivity contribution < 1.29 is 24.2 Å². The van der Waals surface area contributed by atoms with Gasteiger partial charge in [0.05, 0.1) is 38.2 Å². The summed E-state index contributed by atoms with van der Waals surface area (Å²) in [5.41, 5.74) is 1.73. The van der Waals surface area contributed by atoms with Gasteiger partial charge in [-0.05, 0) is 39.3 Å². The minimum Gasteiger partial charge on any atom is -0.493 e. The highest BCUT2D eigenvalue weighted by atomic mass is 16.6. The summed E-state index contributed by atoms with van der Waals surface area (Å²) in [4.78, 5) is 31.4. The summed E-state index contributed by atoms with van der Waals surface area (Å²) >= 11 is 0. The molecule has 4 rings (SSSR count). The van der Waals surface area contributed by atoms with Crippen LogP contribution in [0.2, 0.25) is 0 Å². The molecule has 0 aliphatic heterocycles. The van der Waals surface area contributed by atoms with Crippen molar-refractivity contribution in [3.63, 3.8) is 0 Å². The van der Waals surface area contributed by atoms with Crippen LogP contribution in [-0.4, -0.2) is 70.7 Å². The van der Waals surface area contributed by atoms with E-state index in [1.807, 2.05) is 45.0 Å². The SMILES string of the molecule is CC(C)(C)OC(=O)NCCCOc1cccc(Nc2ncc3nnn(-c4cnn(CCC(=O)O)c4)c3n2)c1. The average Bonchev–Trinajstić information content (AvgIpc) is 3.48. The van der Waals surface area contributed by atoms with Crippen LogP contribution in [0, 0.1) is 0 Å². The number of amides is 1. The Kier molecular flexibility index (Phi) is 7.99. The Balaban J connectivity index is 1.35. The second kappa shape index (κ2) is 11.5. The number of carbonyl (C=O) groups is 2. The Morgan fingerprint density at radius 3 is 2.82 bits per heavy atom. The number of alkyl carbamates (subject to hydrolysis) is 1. The van der Waals surface area contributed by atoms with E-state index in [0.29, 0.717) is 53.8 Å². The summed E-state index contributed by atoms with van der Waals surface area (Å²) in [7, 11) is 0. The summed E-state index contributed by atoms with van der Waals surface area (Å²) in [5.74, 6) is 0.0771. The van der Waals surface area contributed by atoms with E-state index in [9.17, 15) is 9.59 Å². The number of carboxylic acids is 1. The molecule has 3 heterocycles. The molecule has 0 fully saturated rings. The number of aryl methyl sites for hydroxylation is 1. The molecule has 0 aliphatic carbocycles. The highest BCUT2D eigenvalue weighted by Crippen LogP contribution is 2.21. The quantitative estimate of drug-likeness (QED) is 0.247. The van der Waals surface area contributed by atoms with Crippen molar-refractivity contribution in [3.8, 4) is 11.4 Å². The van der Waals surface area contributed by atoms with E-state index in [4.69, 9.17) is 14.6 Å². The van der Waals surface area contributed by atoms with Gasteiger partial charge in [-0.3, -0.25) is 9.48 Å². The molecule has 4 aromatic rings. The molecule has 0 saturated carbocycles. The van der Waals surface area contributed by atoms with Crippen LogP contribution < -0.4 is 15.4 Å². The van der Waals surface area contributed by atoms with Crippen molar-refractivity contribution in [1.82, 2.24) is 40.1 Å². The number of nitrogens with zero attached hydrogens (tertiary/aromatic N) is 7. The topological polar surface area (TPSA) is 171 Å². The van der Waals surface area contributed by atoms with Gasteiger partial charge in [0.15, 0.2) is 11.2 Å². The normalized spacial score (nSPS) is 11.3. The molecule has 0 atom stereocenters. The zero-order valence-electron chi connectivity index (χ0n) is 21.3. The molecule has 3 N–H and O–H groups in total. The van der Waals surface area contributed by atoms with Crippen molar-refractivity contribution in [3.05, 3.63) is 42.9 Å². The van der Waals surface area contributed by atoms with E-state index in [1.165, 1.54) is 9.36 Å². The van der Waals surface area contributed by atoms with Gasteiger partial charge in [-0.15, -0.1) is 5.10 Å². The lowest BCUT2D eigenvalue weighted by molar-refractivity contribution is -0.137. The van der Waals surface area contributed by atoms with Gasteiger partial charge in [0.1, 0.15) is 17.0 Å². The van der Waals surface area contributed by atoms with Crippen molar-refractivity contribution in [2.24, 2.45) is 0 Å². The fourth-order valence-corrected chi connectivity index (χ4v) is 3.32. The first-order chi connectivity index (χ1) is 18.2. The van der Waals surface area contributed by atoms with Crippen LogP contribution in [0.1, 0.15) is 33.6 Å². The molecule has 0 aliphatic rings. The number of hydrogen-bond acceptors (Lipinski definition) is 10. The molecule has 3 aromatic heterocycles. The fourth-order valence-electron chi connectivity index (χ4n) is 3.32. The lowest BCUT2D eigenvalue weighted by Gasteiger charge is -2.19. The van der Waals surface area contributed by atoms with Crippen LogP contribution in [-0.2, 0) is 16.1 Å². The summed E-state index contributed by atoms with van der Waals surface area (Å²) in [6, 6.07) is 7.34. The molecule has 1 amide bonds. The molecule has 0 unspecified atom stereocenters. The van der Waals surface area contributed by atoms with E-state index in [2.05, 4.69) is 36.0 Å². The van der Waals surface area contributed by atoms with Crippen molar-refractivity contribution >= 4 is 34.9 Å². The second-order valence-corrected chi connectivity index (χ2v) is 9.29. The standard InChI is InChI=1S/C24H29N9O5/c1-24(2,3)38-23(36)25-9-5-11-37-18-7-4-6-16(12-18)28-22-26-14-19-21(29-22)33(31-30-19)17-13-27-32(15-17)10-8-20(34)35/h4,6-7,12-15H,5,8-11H2,1-3H3,(H,25,36)(H,34,35)(H,26,28,29). The van der Waals surface area contributed by atoms with Crippen LogP contribution in [0.4, 0.5) is 16.4 Å². The van der Waals surface area contributed by atoms with Gasteiger partial charge < -0.3 is 25.2 Å². The van der Waals surface area contributed by atoms with Crippen LogP contribution in [0.5, 0.6) is 5.75 Å². The van der Waals surface area contributed by atoms with Crippen LogP contribution in [0.15, 0.2) is 42.9 Å². The summed E-state index contributed by atoms with van der Waals surface area (Å²) in [6.07, 6.45) is 4.91. The third-order valence-electron chi connectivity index (χ3n) is 4.96. The van der Waals surface area contributed by atoms with Crippen LogP contribution >= 0.6 is 0 Å². The van der Waals surface area contributed by atoms with Gasteiger partial charge in [-0.1, -0.05) is 11.3 Å². The maximum atomic E-state index is 11.7. The molecule has 14 nitrogen and oxygen atoms in total. The Morgan fingerprint density at radius 1 is 1.18 bits per heavy atom. The first-order valence-electron chi connectivity index (χ1n) is 12.0. The number of ether oxygens (including phenoxy) is 2. The summed E-state index contributed by atoms with van der Waals surface area (Å²) in [5, 5.41) is 27.1. The smallest absolute Gasteiger partial charge is 0.407 e. The highest BCUT2D eigenvalue weighted by molar-refractivity contribution is 5.72. The number of nitrogens with one attached hydrogen (secondary N) is 2. The van der Waals surface area contributed by atoms with Gasteiger partial charge >= 0.3 is 12.1 Å². The first kappa shape index (κ1) is 26.3. The predicted octanol–water partition coefficient (Wildman–Crippen LogP) is 2.92. The van der Waals surface area contributed by atoms with Gasteiger partial charge in [0.25, 0.3) is 0 Å². The number of aromatic nitrogens is 7. The number of benzene rings is 1. The average molecular weight is 524 g/mol. The van der Waals surface area contributed by atoms with Gasteiger partial charge in [0, 0.05) is 18.3 Å². The Hall–Kier alpha value is -4.75. The van der Waals surface area contributed by atoms with Gasteiger partial charge in [0.2, 0.25) is 5.95 Å². The lowest BCUT2D eigenvalue weighted by Crippen LogP contribution is -2.33. The molecule has 0 spiro atoms. The van der Waals surface area contributed by atoms with Crippen LogP contribution in [0.3, 0.4) is 0 Å². The molecule has 0 radical (unpaired) electrons. The summed E-state index contributed by atoms with van der Waals surface area (Å²) < 4.78 is 14.0. The van der Waals surface area contributed by atoms with Crippen LogP contribution in [0.25, 0.3) is 16.9 Å². The number of carbonyl (C=O) groups excluding carboxylic acids is 1. The zero-order chi connectivity index (χ0) is 27.1. The van der Waals surface area contributed by atoms with Gasteiger partial charge in [-0.2, -0.15) is 14.8 Å². The first-order valence-corrected chi connectivity index (χ1v) is 12.0. The molecule has 1 aromatic carbocycles. The minimum absolute atomic E-state index is 0.0405. The Labute approximate surface area is 218 Å². The number of fused-ring (bicyclic) bond motifs is 1. The zero-order valence-corrected chi connectivity index (χ0v) is 21.3. The molecular weight excluding hydrogens is 494 g/mol. The maximum Gasteiger partial charge on any atom is 0.407 e. The van der Waals surface area contributed by atoms with E-state index in [1.54, 1.807) is 18.6 Å². The number of anilines is 2. The monoisotopic (exact) mass is 523 g/mol. The minimum atomic E-state index is -0.901. The number of aliphatic carboxylic acids is 1. The molecule has 38 heavy (non-hydrogen) atoms. The third-order valence-corrected chi connectivity index (χ3v) is 4.96. The fraction of sp³-hybridized carbons (Fsp3) is 0.375. The summed E-state index contributed by atoms with van der Waals surface area (Å²) in [6.45, 7) is 6.52. The Bertz CT molecular complexity index is 1410. The van der Waals surface area contributed by atoms with Crippen molar-refractivity contribution in [1.29, 1.82) is 0 Å². The Morgan fingerprint density at radius 2 is 2.03 bits per heavy atom. The van der Waals surface area contributed by atoms with E-state index in [0.717, 1.165) is 0 Å². The van der Waals surface area contributed by atoms with Gasteiger partial charge in [-0.25, -0.2) is 9.78 Å². The lowest BCUT2D eigenvalue weighted by atomic mass is 10.2. The van der Waals surface area contributed by atoms with E-state index in [-0.39, 0.29) is 13.0 Å². The number of rotatable bonds is 11. The van der Waals surface area contributed by atoms with Crippen molar-refractivity contribution in [2.45, 2.75) is 45.8 Å². The largest absolute Gasteiger partial charge is 0.493 e. The number of carboxylic acid groups (broad SMARTS) is 1. The maximum absolute atomic E-state index is 11.7. The van der Waals surface area contributed by atoms with Crippen molar-refractivity contribution in [2.75, 3.05) is 18.5 Å². The predicted molar refractivity (Wildman–Crippen MR) is 137 cm³/mol. The third kappa shape index (κ3) is 7.38. The molecule has 0 saturated heterocycles. The molecular formula is C24H29N9O5. The molecule has 0 bridgehead atoms. The van der Waals surface area contributed by atoms with E-state index >= 15 is 0 Å². The van der Waals surface area contributed by atoms with E-state index < -0.39 is 17.7 Å². The molecule has 200 valence electrons. The molecule has 14 heteroatoms.